The second kappa shape index (κ2) is 10.8. The molecule has 4 rings (SSSR count). The third kappa shape index (κ3) is 6.18. The average Bonchev–Trinajstić information content (AvgIpc) is 2.82. The van der Waals surface area contributed by atoms with E-state index in [-0.39, 0.29) is 5.82 Å². The Kier molecular flexibility index (Phi) is 7.55. The standard InChI is InChI=1S/C33H33F/c1-23-5-8-28(9-6-23)21-29-13-11-27(12-14-29)17-18-32-25(3)19-31(20-26(32)4)16-15-30-10-7-24(2)33(34)22-30/h7,10-14,19-20,22-23,28H,5-6,8-9,21H2,1-4H3. The van der Waals surface area contributed by atoms with Gasteiger partial charge in [-0.2, -0.15) is 0 Å². The van der Waals surface area contributed by atoms with E-state index >= 15 is 0 Å². The molecule has 0 nitrogen and oxygen atoms in total. The van der Waals surface area contributed by atoms with Gasteiger partial charge >= 0.3 is 0 Å². The van der Waals surface area contributed by atoms with Gasteiger partial charge in [-0.25, -0.2) is 4.39 Å². The Hall–Kier alpha value is -3.29. The monoisotopic (exact) mass is 448 g/mol. The lowest BCUT2D eigenvalue weighted by molar-refractivity contribution is 0.289. The van der Waals surface area contributed by atoms with E-state index in [9.17, 15) is 4.39 Å². The first-order chi connectivity index (χ1) is 16.4. The van der Waals surface area contributed by atoms with Crippen molar-refractivity contribution in [3.63, 3.8) is 0 Å². The summed E-state index contributed by atoms with van der Waals surface area (Å²) in [5, 5.41) is 0. The van der Waals surface area contributed by atoms with Crippen LogP contribution in [0, 0.1) is 62.1 Å². The fourth-order valence-electron chi connectivity index (χ4n) is 4.77. The van der Waals surface area contributed by atoms with E-state index in [4.69, 9.17) is 0 Å². The molecule has 0 aliphatic heterocycles. The summed E-state index contributed by atoms with van der Waals surface area (Å²) in [6.45, 7) is 8.27. The van der Waals surface area contributed by atoms with Crippen LogP contribution in [0.3, 0.4) is 0 Å². The molecule has 0 saturated heterocycles. The van der Waals surface area contributed by atoms with Gasteiger partial charge in [0.1, 0.15) is 5.82 Å². The Bertz CT molecular complexity index is 1260. The number of benzene rings is 3. The lowest BCUT2D eigenvalue weighted by atomic mass is 9.80. The van der Waals surface area contributed by atoms with Crippen molar-refractivity contribution in [2.24, 2.45) is 11.8 Å². The van der Waals surface area contributed by atoms with Gasteiger partial charge in [0.25, 0.3) is 0 Å². The lowest BCUT2D eigenvalue weighted by Crippen LogP contribution is -2.14. The van der Waals surface area contributed by atoms with Crippen molar-refractivity contribution in [2.45, 2.75) is 59.8 Å². The summed E-state index contributed by atoms with van der Waals surface area (Å²) in [5.74, 6) is 14.5. The molecule has 172 valence electrons. The molecule has 0 radical (unpaired) electrons. The third-order valence-electron chi connectivity index (χ3n) is 7.00. The Morgan fingerprint density at radius 1 is 0.676 bits per heavy atom. The van der Waals surface area contributed by atoms with Crippen molar-refractivity contribution in [1.82, 2.24) is 0 Å². The molecule has 3 aromatic rings. The van der Waals surface area contributed by atoms with Crippen LogP contribution in [0.2, 0.25) is 0 Å². The molecule has 0 bridgehead atoms. The predicted octanol–water partition coefficient (Wildman–Crippen LogP) is 7.92. The highest BCUT2D eigenvalue weighted by molar-refractivity contribution is 5.55. The molecule has 1 saturated carbocycles. The molecular formula is C33H33F. The molecule has 0 aromatic heterocycles. The fraction of sp³-hybridized carbons (Fsp3) is 0.333. The summed E-state index contributed by atoms with van der Waals surface area (Å²) >= 11 is 0. The zero-order valence-electron chi connectivity index (χ0n) is 20.8. The molecule has 0 N–H and O–H groups in total. The maximum absolute atomic E-state index is 13.8. The third-order valence-corrected chi connectivity index (χ3v) is 7.00. The first-order valence-corrected chi connectivity index (χ1v) is 12.4. The molecule has 1 aliphatic rings. The maximum Gasteiger partial charge on any atom is 0.127 e. The van der Waals surface area contributed by atoms with Crippen LogP contribution in [0.4, 0.5) is 4.39 Å². The summed E-state index contributed by atoms with van der Waals surface area (Å²) < 4.78 is 13.8. The van der Waals surface area contributed by atoms with Crippen LogP contribution < -0.4 is 0 Å². The van der Waals surface area contributed by atoms with Gasteiger partial charge < -0.3 is 0 Å². The van der Waals surface area contributed by atoms with E-state index in [2.05, 4.69) is 80.9 Å². The van der Waals surface area contributed by atoms with E-state index in [0.717, 1.165) is 39.7 Å². The van der Waals surface area contributed by atoms with E-state index < -0.39 is 0 Å². The minimum atomic E-state index is -0.221. The van der Waals surface area contributed by atoms with E-state index in [0.29, 0.717) is 11.1 Å². The Labute approximate surface area is 204 Å². The fourth-order valence-corrected chi connectivity index (χ4v) is 4.77. The van der Waals surface area contributed by atoms with Crippen LogP contribution in [0.5, 0.6) is 0 Å². The summed E-state index contributed by atoms with van der Waals surface area (Å²) in [7, 11) is 0. The number of aryl methyl sites for hydroxylation is 3. The van der Waals surface area contributed by atoms with Crippen LogP contribution in [-0.4, -0.2) is 0 Å². The van der Waals surface area contributed by atoms with Crippen molar-refractivity contribution in [1.29, 1.82) is 0 Å². The molecule has 0 unspecified atom stereocenters. The molecule has 0 amide bonds. The highest BCUT2D eigenvalue weighted by Crippen LogP contribution is 2.30. The molecule has 0 atom stereocenters. The smallest absolute Gasteiger partial charge is 0.127 e. The summed E-state index contributed by atoms with van der Waals surface area (Å²) in [6, 6.07) is 18.0. The van der Waals surface area contributed by atoms with Crippen LogP contribution in [0.15, 0.2) is 54.6 Å². The van der Waals surface area contributed by atoms with Gasteiger partial charge in [0, 0.05) is 22.3 Å². The highest BCUT2D eigenvalue weighted by Gasteiger charge is 2.18. The van der Waals surface area contributed by atoms with Crippen molar-refractivity contribution < 1.29 is 4.39 Å². The quantitative estimate of drug-likeness (QED) is 0.349. The molecular weight excluding hydrogens is 415 g/mol. The SMILES string of the molecule is Cc1ccc(C#Cc2cc(C)c(C#Cc3ccc(CC4CCC(C)CC4)cc3)c(C)c2)cc1F. The average molecular weight is 449 g/mol. The maximum atomic E-state index is 13.8. The van der Waals surface area contributed by atoms with Gasteiger partial charge in [-0.3, -0.25) is 0 Å². The van der Waals surface area contributed by atoms with Crippen LogP contribution in [-0.2, 0) is 6.42 Å². The number of rotatable bonds is 2. The van der Waals surface area contributed by atoms with Gasteiger partial charge in [0.05, 0.1) is 0 Å². The van der Waals surface area contributed by atoms with Crippen LogP contribution in [0.1, 0.15) is 77.1 Å². The predicted molar refractivity (Wildman–Crippen MR) is 140 cm³/mol. The lowest BCUT2D eigenvalue weighted by Gasteiger charge is -2.26. The van der Waals surface area contributed by atoms with Gasteiger partial charge in [-0.15, -0.1) is 0 Å². The Balaban J connectivity index is 1.45. The topological polar surface area (TPSA) is 0 Å². The van der Waals surface area contributed by atoms with Gasteiger partial charge in [0.2, 0.25) is 0 Å². The van der Waals surface area contributed by atoms with Gasteiger partial charge in [0.15, 0.2) is 0 Å². The molecule has 1 heteroatoms. The van der Waals surface area contributed by atoms with Crippen LogP contribution in [0.25, 0.3) is 0 Å². The van der Waals surface area contributed by atoms with Crippen molar-refractivity contribution in [3.8, 4) is 23.7 Å². The Morgan fingerprint density at radius 2 is 1.26 bits per heavy atom. The summed E-state index contributed by atoms with van der Waals surface area (Å²) in [5.41, 5.74) is 7.97. The molecule has 0 spiro atoms. The Morgan fingerprint density at radius 3 is 1.91 bits per heavy atom. The molecule has 3 aromatic carbocycles. The molecule has 1 aliphatic carbocycles. The van der Waals surface area contributed by atoms with E-state index in [1.807, 2.05) is 6.07 Å². The van der Waals surface area contributed by atoms with Crippen molar-refractivity contribution >= 4 is 0 Å². The van der Waals surface area contributed by atoms with Gasteiger partial charge in [-0.05, 0) is 111 Å². The normalized spacial score (nSPS) is 17.3. The van der Waals surface area contributed by atoms with Crippen molar-refractivity contribution in [3.05, 3.63) is 105 Å². The first-order valence-electron chi connectivity index (χ1n) is 12.4. The molecule has 0 heterocycles. The summed E-state index contributed by atoms with van der Waals surface area (Å²) in [6.07, 6.45) is 6.67. The minimum Gasteiger partial charge on any atom is -0.207 e. The zero-order chi connectivity index (χ0) is 24.1. The first kappa shape index (κ1) is 23.9. The van der Waals surface area contributed by atoms with Crippen molar-refractivity contribution in [2.75, 3.05) is 0 Å². The number of hydrogen-bond acceptors (Lipinski definition) is 0. The second-order valence-corrected chi connectivity index (χ2v) is 9.98. The van der Waals surface area contributed by atoms with Crippen LogP contribution >= 0.6 is 0 Å². The van der Waals surface area contributed by atoms with E-state index in [1.54, 1.807) is 13.0 Å². The number of halogens is 1. The largest absolute Gasteiger partial charge is 0.207 e. The highest BCUT2D eigenvalue weighted by atomic mass is 19.1. The zero-order valence-corrected chi connectivity index (χ0v) is 20.8. The molecule has 1 fully saturated rings. The number of hydrogen-bond donors (Lipinski definition) is 0. The molecule has 34 heavy (non-hydrogen) atoms. The van der Waals surface area contributed by atoms with Gasteiger partial charge in [-0.1, -0.05) is 61.6 Å². The minimum absolute atomic E-state index is 0.221. The van der Waals surface area contributed by atoms with E-state index in [1.165, 1.54) is 43.7 Å². The second-order valence-electron chi connectivity index (χ2n) is 9.98. The summed E-state index contributed by atoms with van der Waals surface area (Å²) in [4.78, 5) is 0.